The van der Waals surface area contributed by atoms with Gasteiger partial charge in [-0.25, -0.2) is 0 Å². The SMILES string of the molecule is CCOc1ccccc1CNCC(=O)NC(C)(C)C. The Morgan fingerprint density at radius 3 is 2.58 bits per heavy atom. The van der Waals surface area contributed by atoms with Crippen LogP contribution in [0.25, 0.3) is 0 Å². The molecule has 0 radical (unpaired) electrons. The predicted octanol–water partition coefficient (Wildman–Crippen LogP) is 2.09. The standard InChI is InChI=1S/C15H24N2O2/c1-5-19-13-9-7-6-8-12(13)10-16-11-14(18)17-15(2,3)4/h6-9,16H,5,10-11H2,1-4H3,(H,17,18). The summed E-state index contributed by atoms with van der Waals surface area (Å²) in [5, 5.41) is 6.04. The molecule has 4 heteroatoms. The molecule has 1 aromatic rings. The minimum absolute atomic E-state index is 0.00129. The van der Waals surface area contributed by atoms with E-state index in [4.69, 9.17) is 4.74 Å². The van der Waals surface area contributed by atoms with Crippen LogP contribution in [0.15, 0.2) is 24.3 Å². The lowest BCUT2D eigenvalue weighted by Gasteiger charge is -2.20. The van der Waals surface area contributed by atoms with Crippen molar-refractivity contribution in [3.8, 4) is 5.75 Å². The van der Waals surface area contributed by atoms with Gasteiger partial charge in [-0.3, -0.25) is 4.79 Å². The van der Waals surface area contributed by atoms with E-state index in [1.54, 1.807) is 0 Å². The third-order valence-corrected chi connectivity index (χ3v) is 2.39. The number of carbonyl (C=O) groups is 1. The number of hydrogen-bond donors (Lipinski definition) is 2. The van der Waals surface area contributed by atoms with Crippen molar-refractivity contribution >= 4 is 5.91 Å². The van der Waals surface area contributed by atoms with Crippen molar-refractivity contribution in [2.24, 2.45) is 0 Å². The largest absolute Gasteiger partial charge is 0.494 e. The number of ether oxygens (including phenoxy) is 1. The summed E-state index contributed by atoms with van der Waals surface area (Å²) in [6.45, 7) is 9.42. The topological polar surface area (TPSA) is 50.4 Å². The molecule has 2 N–H and O–H groups in total. The second kappa shape index (κ2) is 7.14. The quantitative estimate of drug-likeness (QED) is 0.827. The van der Waals surface area contributed by atoms with Gasteiger partial charge in [-0.05, 0) is 33.8 Å². The van der Waals surface area contributed by atoms with Gasteiger partial charge in [0, 0.05) is 17.6 Å². The summed E-state index contributed by atoms with van der Waals surface area (Å²) >= 11 is 0. The maximum atomic E-state index is 11.7. The molecule has 0 unspecified atom stereocenters. The van der Waals surface area contributed by atoms with Crippen LogP contribution in [-0.4, -0.2) is 24.6 Å². The van der Waals surface area contributed by atoms with Crippen LogP contribution in [0, 0.1) is 0 Å². The molecule has 0 saturated carbocycles. The maximum absolute atomic E-state index is 11.7. The van der Waals surface area contributed by atoms with Crippen LogP contribution in [-0.2, 0) is 11.3 Å². The maximum Gasteiger partial charge on any atom is 0.234 e. The minimum Gasteiger partial charge on any atom is -0.494 e. The first-order chi connectivity index (χ1) is 8.92. The molecule has 19 heavy (non-hydrogen) atoms. The highest BCUT2D eigenvalue weighted by Gasteiger charge is 2.13. The van der Waals surface area contributed by atoms with E-state index in [9.17, 15) is 4.79 Å². The molecule has 0 fully saturated rings. The van der Waals surface area contributed by atoms with Crippen LogP contribution in [0.1, 0.15) is 33.3 Å². The minimum atomic E-state index is -0.192. The van der Waals surface area contributed by atoms with Gasteiger partial charge in [-0.1, -0.05) is 18.2 Å². The molecule has 0 atom stereocenters. The summed E-state index contributed by atoms with van der Waals surface area (Å²) in [6.07, 6.45) is 0. The Balaban J connectivity index is 2.43. The zero-order valence-corrected chi connectivity index (χ0v) is 12.2. The molecule has 1 aromatic carbocycles. The summed E-state index contributed by atoms with van der Waals surface area (Å²) in [4.78, 5) is 11.7. The highest BCUT2D eigenvalue weighted by atomic mass is 16.5. The zero-order chi connectivity index (χ0) is 14.3. The van der Waals surface area contributed by atoms with Crippen molar-refractivity contribution in [1.29, 1.82) is 0 Å². The number of rotatable bonds is 6. The smallest absolute Gasteiger partial charge is 0.234 e. The van der Waals surface area contributed by atoms with Gasteiger partial charge in [-0.2, -0.15) is 0 Å². The van der Waals surface area contributed by atoms with E-state index in [1.807, 2.05) is 52.0 Å². The van der Waals surface area contributed by atoms with Crippen molar-refractivity contribution in [2.45, 2.75) is 39.8 Å². The molecule has 0 aromatic heterocycles. The first-order valence-corrected chi connectivity index (χ1v) is 6.65. The van der Waals surface area contributed by atoms with Crippen LogP contribution in [0.4, 0.5) is 0 Å². The van der Waals surface area contributed by atoms with Gasteiger partial charge in [0.05, 0.1) is 13.2 Å². The van der Waals surface area contributed by atoms with Crippen LogP contribution in [0.5, 0.6) is 5.75 Å². The van der Waals surface area contributed by atoms with Gasteiger partial charge in [-0.15, -0.1) is 0 Å². The Morgan fingerprint density at radius 1 is 1.26 bits per heavy atom. The van der Waals surface area contributed by atoms with Crippen molar-refractivity contribution in [3.05, 3.63) is 29.8 Å². The first-order valence-electron chi connectivity index (χ1n) is 6.65. The molecule has 0 aliphatic carbocycles. The molecule has 0 spiro atoms. The molecule has 0 aliphatic rings. The highest BCUT2D eigenvalue weighted by molar-refractivity contribution is 5.78. The Bertz CT molecular complexity index is 411. The Kier molecular flexibility index (Phi) is 5.83. The van der Waals surface area contributed by atoms with Crippen molar-refractivity contribution in [3.63, 3.8) is 0 Å². The van der Waals surface area contributed by atoms with Gasteiger partial charge in [0.25, 0.3) is 0 Å². The third kappa shape index (κ3) is 6.25. The molecule has 106 valence electrons. The van der Waals surface area contributed by atoms with Crippen molar-refractivity contribution in [2.75, 3.05) is 13.2 Å². The molecule has 0 aliphatic heterocycles. The van der Waals surface area contributed by atoms with Crippen LogP contribution >= 0.6 is 0 Å². The lowest BCUT2D eigenvalue weighted by molar-refractivity contribution is -0.121. The average molecular weight is 264 g/mol. The second-order valence-electron chi connectivity index (χ2n) is 5.44. The lowest BCUT2D eigenvalue weighted by Crippen LogP contribution is -2.44. The first kappa shape index (κ1) is 15.5. The fourth-order valence-electron chi connectivity index (χ4n) is 1.72. The molecule has 0 saturated heterocycles. The van der Waals surface area contributed by atoms with Crippen LogP contribution in [0.3, 0.4) is 0 Å². The summed E-state index contributed by atoms with van der Waals surface area (Å²) in [6, 6.07) is 7.85. The van der Waals surface area contributed by atoms with E-state index in [-0.39, 0.29) is 11.4 Å². The molecule has 4 nitrogen and oxygen atoms in total. The number of hydrogen-bond acceptors (Lipinski definition) is 3. The van der Waals surface area contributed by atoms with E-state index in [0.29, 0.717) is 19.7 Å². The van der Waals surface area contributed by atoms with E-state index in [1.165, 1.54) is 0 Å². The number of nitrogens with one attached hydrogen (secondary N) is 2. The highest BCUT2D eigenvalue weighted by Crippen LogP contribution is 2.17. The predicted molar refractivity (Wildman–Crippen MR) is 77.2 cm³/mol. The summed E-state index contributed by atoms with van der Waals surface area (Å²) in [5.74, 6) is 0.870. The summed E-state index contributed by atoms with van der Waals surface area (Å²) in [5.41, 5.74) is 0.870. The van der Waals surface area contributed by atoms with E-state index < -0.39 is 0 Å². The van der Waals surface area contributed by atoms with Crippen LogP contribution < -0.4 is 15.4 Å². The second-order valence-corrected chi connectivity index (χ2v) is 5.44. The Morgan fingerprint density at radius 2 is 1.95 bits per heavy atom. The third-order valence-electron chi connectivity index (χ3n) is 2.39. The number of para-hydroxylation sites is 1. The van der Waals surface area contributed by atoms with Crippen LogP contribution in [0.2, 0.25) is 0 Å². The van der Waals surface area contributed by atoms with E-state index in [2.05, 4.69) is 10.6 Å². The number of benzene rings is 1. The summed E-state index contributed by atoms with van der Waals surface area (Å²) in [7, 11) is 0. The van der Waals surface area contributed by atoms with E-state index >= 15 is 0 Å². The Hall–Kier alpha value is -1.55. The van der Waals surface area contributed by atoms with E-state index in [0.717, 1.165) is 11.3 Å². The number of amides is 1. The zero-order valence-electron chi connectivity index (χ0n) is 12.2. The molecule has 1 amide bonds. The summed E-state index contributed by atoms with van der Waals surface area (Å²) < 4.78 is 5.53. The van der Waals surface area contributed by atoms with Crippen molar-refractivity contribution < 1.29 is 9.53 Å². The molecular weight excluding hydrogens is 240 g/mol. The fourth-order valence-corrected chi connectivity index (χ4v) is 1.72. The van der Waals surface area contributed by atoms with Gasteiger partial charge in [0.1, 0.15) is 5.75 Å². The van der Waals surface area contributed by atoms with Gasteiger partial charge < -0.3 is 15.4 Å². The molecule has 0 heterocycles. The molecule has 0 bridgehead atoms. The molecular formula is C15H24N2O2. The number of carbonyl (C=O) groups excluding carboxylic acids is 1. The lowest BCUT2D eigenvalue weighted by atomic mass is 10.1. The Labute approximate surface area is 115 Å². The van der Waals surface area contributed by atoms with Crippen molar-refractivity contribution in [1.82, 2.24) is 10.6 Å². The van der Waals surface area contributed by atoms with Gasteiger partial charge in [0.15, 0.2) is 0 Å². The normalized spacial score (nSPS) is 11.2. The van der Waals surface area contributed by atoms with Gasteiger partial charge >= 0.3 is 0 Å². The molecule has 1 rings (SSSR count). The van der Waals surface area contributed by atoms with Gasteiger partial charge in [0.2, 0.25) is 5.91 Å². The average Bonchev–Trinajstić information content (AvgIpc) is 2.29. The monoisotopic (exact) mass is 264 g/mol. The fraction of sp³-hybridized carbons (Fsp3) is 0.533.